The second kappa shape index (κ2) is 4.27. The van der Waals surface area contributed by atoms with E-state index in [0.717, 1.165) is 12.5 Å². The summed E-state index contributed by atoms with van der Waals surface area (Å²) < 4.78 is 0. The number of unbranched alkanes of at least 4 members (excludes halogenated alkanes) is 2. The van der Waals surface area contributed by atoms with E-state index in [1.54, 1.807) is 0 Å². The lowest BCUT2D eigenvalue weighted by atomic mass is 10.0. The first-order valence-electron chi connectivity index (χ1n) is 5.50. The second-order valence-corrected chi connectivity index (χ2v) is 4.25. The molecular formula is C11H23N. The van der Waals surface area contributed by atoms with Gasteiger partial charge < -0.3 is 5.32 Å². The quantitative estimate of drug-likeness (QED) is 0.603. The highest BCUT2D eigenvalue weighted by atomic mass is 15.0. The van der Waals surface area contributed by atoms with E-state index in [1.165, 1.54) is 32.1 Å². The summed E-state index contributed by atoms with van der Waals surface area (Å²) in [5, 5.41) is 3.64. The molecule has 0 saturated heterocycles. The van der Waals surface area contributed by atoms with Crippen molar-refractivity contribution < 1.29 is 0 Å². The molecule has 72 valence electrons. The maximum absolute atomic E-state index is 3.64. The van der Waals surface area contributed by atoms with Crippen LogP contribution >= 0.6 is 0 Å². The van der Waals surface area contributed by atoms with Crippen LogP contribution in [0.1, 0.15) is 52.9 Å². The molecular weight excluding hydrogens is 146 g/mol. The Hall–Kier alpha value is -0.0400. The van der Waals surface area contributed by atoms with Gasteiger partial charge in [0.05, 0.1) is 0 Å². The van der Waals surface area contributed by atoms with Gasteiger partial charge in [-0.05, 0) is 25.3 Å². The van der Waals surface area contributed by atoms with Gasteiger partial charge in [-0.3, -0.25) is 0 Å². The Labute approximate surface area is 76.9 Å². The Balaban J connectivity index is 2.18. The SMILES string of the molecule is CCCCC[C@]1(NCC)CC1C. The Kier molecular flexibility index (Phi) is 3.57. The molecule has 1 nitrogen and oxygen atoms in total. The predicted molar refractivity (Wildman–Crippen MR) is 54.3 cm³/mol. The molecule has 0 bridgehead atoms. The molecule has 12 heavy (non-hydrogen) atoms. The molecule has 0 spiro atoms. The average Bonchev–Trinajstić information content (AvgIpc) is 2.63. The van der Waals surface area contributed by atoms with E-state index in [1.807, 2.05) is 0 Å². The van der Waals surface area contributed by atoms with E-state index in [4.69, 9.17) is 0 Å². The third-order valence-corrected chi connectivity index (χ3v) is 3.21. The summed E-state index contributed by atoms with van der Waals surface area (Å²) in [7, 11) is 0. The summed E-state index contributed by atoms with van der Waals surface area (Å²) >= 11 is 0. The Morgan fingerprint density at radius 3 is 2.42 bits per heavy atom. The van der Waals surface area contributed by atoms with Gasteiger partial charge in [0.25, 0.3) is 0 Å². The zero-order chi connectivity index (χ0) is 9.03. The van der Waals surface area contributed by atoms with Gasteiger partial charge in [-0.25, -0.2) is 0 Å². The van der Waals surface area contributed by atoms with Crippen molar-refractivity contribution in [2.75, 3.05) is 6.54 Å². The van der Waals surface area contributed by atoms with Crippen LogP contribution in [-0.4, -0.2) is 12.1 Å². The van der Waals surface area contributed by atoms with Crippen molar-refractivity contribution in [2.45, 2.75) is 58.4 Å². The van der Waals surface area contributed by atoms with Gasteiger partial charge in [-0.15, -0.1) is 0 Å². The van der Waals surface area contributed by atoms with Crippen LogP contribution in [0.25, 0.3) is 0 Å². The standard InChI is InChI=1S/C11H23N/c1-4-6-7-8-11(12-5-2)9-10(11)3/h10,12H,4-9H2,1-3H3/t10?,11-/m0/s1. The van der Waals surface area contributed by atoms with Crippen molar-refractivity contribution in [2.24, 2.45) is 5.92 Å². The van der Waals surface area contributed by atoms with Gasteiger partial charge in [0.2, 0.25) is 0 Å². The number of hydrogen-bond donors (Lipinski definition) is 1. The van der Waals surface area contributed by atoms with Gasteiger partial charge in [0, 0.05) is 5.54 Å². The fraction of sp³-hybridized carbons (Fsp3) is 1.00. The van der Waals surface area contributed by atoms with Crippen LogP contribution in [0, 0.1) is 5.92 Å². The monoisotopic (exact) mass is 169 g/mol. The Bertz CT molecular complexity index is 133. The summed E-state index contributed by atoms with van der Waals surface area (Å²) in [6, 6.07) is 0. The van der Waals surface area contributed by atoms with E-state index in [9.17, 15) is 0 Å². The van der Waals surface area contributed by atoms with Crippen LogP contribution in [0.4, 0.5) is 0 Å². The third kappa shape index (κ3) is 2.22. The first kappa shape index (κ1) is 10.0. The molecule has 0 amide bonds. The van der Waals surface area contributed by atoms with Crippen LogP contribution in [0.5, 0.6) is 0 Å². The smallest absolute Gasteiger partial charge is 0.0210 e. The minimum atomic E-state index is 0.559. The summed E-state index contributed by atoms with van der Waals surface area (Å²) in [6.45, 7) is 7.99. The van der Waals surface area contributed by atoms with Crippen LogP contribution in [-0.2, 0) is 0 Å². The highest BCUT2D eigenvalue weighted by molar-refractivity contribution is 5.07. The third-order valence-electron chi connectivity index (χ3n) is 3.21. The predicted octanol–water partition coefficient (Wildman–Crippen LogP) is 2.95. The molecule has 1 fully saturated rings. The van der Waals surface area contributed by atoms with Gasteiger partial charge in [-0.2, -0.15) is 0 Å². The molecule has 0 heterocycles. The lowest BCUT2D eigenvalue weighted by molar-refractivity contribution is 0.427. The van der Waals surface area contributed by atoms with Gasteiger partial charge in [0.15, 0.2) is 0 Å². The Morgan fingerprint density at radius 1 is 1.33 bits per heavy atom. The lowest BCUT2D eigenvalue weighted by Gasteiger charge is -2.17. The van der Waals surface area contributed by atoms with Gasteiger partial charge in [0.1, 0.15) is 0 Å². The largest absolute Gasteiger partial charge is 0.311 e. The highest BCUT2D eigenvalue weighted by Gasteiger charge is 2.49. The second-order valence-electron chi connectivity index (χ2n) is 4.25. The lowest BCUT2D eigenvalue weighted by Crippen LogP contribution is -2.32. The van der Waals surface area contributed by atoms with Crippen LogP contribution < -0.4 is 5.32 Å². The van der Waals surface area contributed by atoms with Crippen molar-refractivity contribution in [3.05, 3.63) is 0 Å². The zero-order valence-corrected chi connectivity index (χ0v) is 8.82. The molecule has 0 aromatic rings. The fourth-order valence-corrected chi connectivity index (χ4v) is 2.21. The summed E-state index contributed by atoms with van der Waals surface area (Å²) in [4.78, 5) is 0. The minimum absolute atomic E-state index is 0.559. The normalized spacial score (nSPS) is 33.8. The zero-order valence-electron chi connectivity index (χ0n) is 8.82. The molecule has 0 aromatic heterocycles. The van der Waals surface area contributed by atoms with Gasteiger partial charge >= 0.3 is 0 Å². The van der Waals surface area contributed by atoms with E-state index in [2.05, 4.69) is 26.1 Å². The van der Waals surface area contributed by atoms with E-state index < -0.39 is 0 Å². The van der Waals surface area contributed by atoms with Crippen molar-refractivity contribution in [3.8, 4) is 0 Å². The van der Waals surface area contributed by atoms with Crippen LogP contribution in [0.15, 0.2) is 0 Å². The van der Waals surface area contributed by atoms with Gasteiger partial charge in [-0.1, -0.05) is 40.0 Å². The molecule has 0 aliphatic heterocycles. The minimum Gasteiger partial charge on any atom is -0.311 e. The maximum Gasteiger partial charge on any atom is 0.0210 e. The number of nitrogens with one attached hydrogen (secondary N) is 1. The van der Waals surface area contributed by atoms with Crippen LogP contribution in [0.2, 0.25) is 0 Å². The maximum atomic E-state index is 3.64. The molecule has 0 radical (unpaired) electrons. The molecule has 1 rings (SSSR count). The van der Waals surface area contributed by atoms with E-state index >= 15 is 0 Å². The molecule has 1 N–H and O–H groups in total. The molecule has 1 heteroatoms. The van der Waals surface area contributed by atoms with Crippen molar-refractivity contribution >= 4 is 0 Å². The van der Waals surface area contributed by atoms with Crippen molar-refractivity contribution in [3.63, 3.8) is 0 Å². The molecule has 1 aliphatic carbocycles. The first-order chi connectivity index (χ1) is 5.75. The topological polar surface area (TPSA) is 12.0 Å². The number of hydrogen-bond acceptors (Lipinski definition) is 1. The molecule has 2 atom stereocenters. The molecule has 1 unspecified atom stereocenters. The summed E-state index contributed by atoms with van der Waals surface area (Å²) in [5.41, 5.74) is 0.559. The summed E-state index contributed by atoms with van der Waals surface area (Å²) in [5.74, 6) is 0.925. The fourth-order valence-electron chi connectivity index (χ4n) is 2.21. The highest BCUT2D eigenvalue weighted by Crippen LogP contribution is 2.46. The number of rotatable bonds is 6. The first-order valence-corrected chi connectivity index (χ1v) is 5.50. The van der Waals surface area contributed by atoms with E-state index in [-0.39, 0.29) is 0 Å². The Morgan fingerprint density at radius 2 is 2.00 bits per heavy atom. The summed E-state index contributed by atoms with van der Waals surface area (Å²) in [6.07, 6.45) is 6.96. The molecule has 1 saturated carbocycles. The van der Waals surface area contributed by atoms with Crippen molar-refractivity contribution in [1.29, 1.82) is 0 Å². The van der Waals surface area contributed by atoms with Crippen molar-refractivity contribution in [1.82, 2.24) is 5.32 Å². The average molecular weight is 169 g/mol. The molecule has 1 aliphatic rings. The molecule has 0 aromatic carbocycles. The van der Waals surface area contributed by atoms with Crippen LogP contribution in [0.3, 0.4) is 0 Å². The van der Waals surface area contributed by atoms with E-state index in [0.29, 0.717) is 5.54 Å².